The molecule has 0 bridgehead atoms. The Hall–Kier alpha value is -4.91. The van der Waals surface area contributed by atoms with Gasteiger partial charge >= 0.3 is 0 Å². The van der Waals surface area contributed by atoms with Crippen LogP contribution in [0.1, 0.15) is 39.2 Å². The molecule has 0 radical (unpaired) electrons. The van der Waals surface area contributed by atoms with Gasteiger partial charge in [-0.1, -0.05) is 54.6 Å². The Morgan fingerprint density at radius 1 is 0.737 bits per heavy atom. The van der Waals surface area contributed by atoms with E-state index in [-0.39, 0.29) is 30.3 Å². The minimum Gasteiger partial charge on any atom is -0.376 e. The lowest BCUT2D eigenvalue weighted by molar-refractivity contribution is -0.114. The number of nitrogens with one attached hydrogen (secondary N) is 3. The van der Waals surface area contributed by atoms with Crippen LogP contribution in [0.5, 0.6) is 0 Å². The second-order valence-corrected chi connectivity index (χ2v) is 8.87. The monoisotopic (exact) mass is 506 g/mol. The topological polar surface area (TPSA) is 90.5 Å². The molecular formula is C31H30N4O3. The molecule has 4 aromatic rings. The smallest absolute Gasteiger partial charge is 0.258 e. The van der Waals surface area contributed by atoms with Crippen LogP contribution in [0.15, 0.2) is 109 Å². The molecule has 7 nitrogen and oxygen atoms in total. The van der Waals surface area contributed by atoms with E-state index in [2.05, 4.69) is 16.0 Å². The fourth-order valence-electron chi connectivity index (χ4n) is 3.92. The van der Waals surface area contributed by atoms with Gasteiger partial charge in [0.15, 0.2) is 0 Å². The van der Waals surface area contributed by atoms with Gasteiger partial charge in [0.25, 0.3) is 11.8 Å². The third kappa shape index (κ3) is 6.85. The molecule has 1 unspecified atom stereocenters. The summed E-state index contributed by atoms with van der Waals surface area (Å²) in [6.07, 6.45) is 0. The van der Waals surface area contributed by atoms with E-state index in [0.29, 0.717) is 22.5 Å². The van der Waals surface area contributed by atoms with Gasteiger partial charge in [-0.05, 0) is 67.1 Å². The number of rotatable bonds is 9. The standard InChI is InChI=1S/C31H30N4O3/c1-22(23-10-5-3-6-11-23)33-30(37)25-12-9-13-27(20-25)32-21-29(36)34-26-18-16-24(17-19-26)31(38)35(2)28-14-7-4-8-15-28/h3-20,22,32H,21H2,1-2H3,(H,33,37)(H,34,36). The van der Waals surface area contributed by atoms with Gasteiger partial charge in [-0.3, -0.25) is 14.4 Å². The minimum absolute atomic E-state index is 0.0168. The molecule has 0 saturated carbocycles. The van der Waals surface area contributed by atoms with Gasteiger partial charge < -0.3 is 20.9 Å². The Bertz CT molecular complexity index is 1390. The number of carbonyl (C=O) groups excluding carboxylic acids is 3. The first kappa shape index (κ1) is 26.2. The summed E-state index contributed by atoms with van der Waals surface area (Å²) in [4.78, 5) is 39.5. The lowest BCUT2D eigenvalue weighted by Crippen LogP contribution is -2.27. The molecule has 0 aliphatic heterocycles. The zero-order valence-corrected chi connectivity index (χ0v) is 21.3. The van der Waals surface area contributed by atoms with Crippen molar-refractivity contribution in [1.82, 2.24) is 5.32 Å². The number of hydrogen-bond donors (Lipinski definition) is 3. The molecule has 0 fully saturated rings. The molecule has 0 saturated heterocycles. The molecule has 0 aromatic heterocycles. The van der Waals surface area contributed by atoms with E-state index >= 15 is 0 Å². The first-order valence-electron chi connectivity index (χ1n) is 12.3. The number of benzene rings is 4. The summed E-state index contributed by atoms with van der Waals surface area (Å²) in [5, 5.41) is 8.86. The van der Waals surface area contributed by atoms with Crippen molar-refractivity contribution in [2.45, 2.75) is 13.0 Å². The average molecular weight is 507 g/mol. The van der Waals surface area contributed by atoms with Crippen LogP contribution >= 0.6 is 0 Å². The number of amides is 3. The van der Waals surface area contributed by atoms with Crippen LogP contribution in [0.3, 0.4) is 0 Å². The first-order chi connectivity index (χ1) is 18.4. The van der Waals surface area contributed by atoms with Gasteiger partial charge in [0.2, 0.25) is 5.91 Å². The van der Waals surface area contributed by atoms with Gasteiger partial charge in [-0.15, -0.1) is 0 Å². The average Bonchev–Trinajstić information content (AvgIpc) is 2.96. The van der Waals surface area contributed by atoms with Crippen LogP contribution in [0, 0.1) is 0 Å². The molecule has 3 N–H and O–H groups in total. The molecule has 0 aliphatic rings. The molecule has 0 aliphatic carbocycles. The van der Waals surface area contributed by atoms with Gasteiger partial charge in [0, 0.05) is 35.2 Å². The largest absolute Gasteiger partial charge is 0.376 e. The molecule has 192 valence electrons. The highest BCUT2D eigenvalue weighted by molar-refractivity contribution is 6.06. The van der Waals surface area contributed by atoms with Crippen molar-refractivity contribution in [3.05, 3.63) is 126 Å². The summed E-state index contributed by atoms with van der Waals surface area (Å²) < 4.78 is 0. The number of hydrogen-bond acceptors (Lipinski definition) is 4. The van der Waals surface area contributed by atoms with E-state index in [9.17, 15) is 14.4 Å². The van der Waals surface area contributed by atoms with Crippen LogP contribution < -0.4 is 20.9 Å². The van der Waals surface area contributed by atoms with Gasteiger partial charge in [-0.2, -0.15) is 0 Å². The van der Waals surface area contributed by atoms with E-state index in [0.717, 1.165) is 11.3 Å². The molecule has 0 spiro atoms. The fraction of sp³-hybridized carbons (Fsp3) is 0.129. The third-order valence-electron chi connectivity index (χ3n) is 6.09. The fourth-order valence-corrected chi connectivity index (χ4v) is 3.92. The molecule has 3 amide bonds. The molecule has 38 heavy (non-hydrogen) atoms. The lowest BCUT2D eigenvalue weighted by atomic mass is 10.1. The summed E-state index contributed by atoms with van der Waals surface area (Å²) in [6.45, 7) is 1.95. The van der Waals surface area contributed by atoms with Crippen LogP contribution in [-0.4, -0.2) is 31.3 Å². The Labute approximate surface area is 222 Å². The first-order valence-corrected chi connectivity index (χ1v) is 12.3. The quantitative estimate of drug-likeness (QED) is 0.279. The highest BCUT2D eigenvalue weighted by Gasteiger charge is 2.14. The Kier molecular flexibility index (Phi) is 8.51. The minimum atomic E-state index is -0.252. The summed E-state index contributed by atoms with van der Waals surface area (Å²) in [7, 11) is 1.72. The lowest BCUT2D eigenvalue weighted by Gasteiger charge is -2.17. The van der Waals surface area contributed by atoms with Crippen molar-refractivity contribution in [2.24, 2.45) is 0 Å². The Morgan fingerprint density at radius 3 is 2.08 bits per heavy atom. The van der Waals surface area contributed by atoms with Crippen LogP contribution in [0.25, 0.3) is 0 Å². The number of para-hydroxylation sites is 1. The van der Waals surface area contributed by atoms with Crippen molar-refractivity contribution < 1.29 is 14.4 Å². The van der Waals surface area contributed by atoms with E-state index in [1.165, 1.54) is 0 Å². The molecule has 1 atom stereocenters. The molecule has 7 heteroatoms. The number of nitrogens with zero attached hydrogens (tertiary/aromatic N) is 1. The number of anilines is 3. The summed E-state index contributed by atoms with van der Waals surface area (Å²) in [5.74, 6) is -0.585. The zero-order valence-electron chi connectivity index (χ0n) is 21.3. The molecule has 4 rings (SSSR count). The van der Waals surface area contributed by atoms with E-state index < -0.39 is 0 Å². The second kappa shape index (κ2) is 12.4. The van der Waals surface area contributed by atoms with Crippen molar-refractivity contribution in [3.63, 3.8) is 0 Å². The SMILES string of the molecule is CC(NC(=O)c1cccc(NCC(=O)Nc2ccc(C(=O)N(C)c3ccccc3)cc2)c1)c1ccccc1. The van der Waals surface area contributed by atoms with E-state index in [1.807, 2.05) is 67.6 Å². The predicted octanol–water partition coefficient (Wildman–Crippen LogP) is 5.50. The second-order valence-electron chi connectivity index (χ2n) is 8.87. The predicted molar refractivity (Wildman–Crippen MR) is 152 cm³/mol. The number of carbonyl (C=O) groups is 3. The van der Waals surface area contributed by atoms with Crippen molar-refractivity contribution in [1.29, 1.82) is 0 Å². The highest BCUT2D eigenvalue weighted by atomic mass is 16.2. The third-order valence-corrected chi connectivity index (χ3v) is 6.09. The van der Waals surface area contributed by atoms with Crippen molar-refractivity contribution in [2.75, 3.05) is 29.1 Å². The Morgan fingerprint density at radius 2 is 1.39 bits per heavy atom. The highest BCUT2D eigenvalue weighted by Crippen LogP contribution is 2.18. The normalized spacial score (nSPS) is 11.2. The molecule has 0 heterocycles. The maximum atomic E-state index is 12.7. The van der Waals surface area contributed by atoms with Crippen LogP contribution in [0.2, 0.25) is 0 Å². The maximum Gasteiger partial charge on any atom is 0.258 e. The van der Waals surface area contributed by atoms with Crippen molar-refractivity contribution in [3.8, 4) is 0 Å². The van der Waals surface area contributed by atoms with Gasteiger partial charge in [-0.25, -0.2) is 0 Å². The summed E-state index contributed by atoms with van der Waals surface area (Å²) >= 11 is 0. The van der Waals surface area contributed by atoms with E-state index in [1.54, 1.807) is 60.5 Å². The summed E-state index contributed by atoms with van der Waals surface area (Å²) in [5.41, 5.74) is 4.08. The Balaban J connectivity index is 1.29. The molecule has 4 aromatic carbocycles. The van der Waals surface area contributed by atoms with Gasteiger partial charge in [0.05, 0.1) is 12.6 Å². The summed E-state index contributed by atoms with van der Waals surface area (Å²) in [6, 6.07) is 32.8. The van der Waals surface area contributed by atoms with E-state index in [4.69, 9.17) is 0 Å². The zero-order chi connectivity index (χ0) is 26.9. The molecular weight excluding hydrogens is 476 g/mol. The van der Waals surface area contributed by atoms with Crippen molar-refractivity contribution >= 4 is 34.8 Å². The maximum absolute atomic E-state index is 12.7. The van der Waals surface area contributed by atoms with Crippen LogP contribution in [-0.2, 0) is 4.79 Å². The van der Waals surface area contributed by atoms with Gasteiger partial charge in [0.1, 0.15) is 0 Å². The van der Waals surface area contributed by atoms with Crippen LogP contribution in [0.4, 0.5) is 17.1 Å².